The van der Waals surface area contributed by atoms with Crippen LogP contribution < -0.4 is 0 Å². The molecule has 82 valence electrons. The molecule has 0 aliphatic heterocycles. The topological polar surface area (TPSA) is 56.0 Å². The van der Waals surface area contributed by atoms with Gasteiger partial charge in [0.1, 0.15) is 5.82 Å². The predicted octanol–water partition coefficient (Wildman–Crippen LogP) is 2.27. The van der Waals surface area contributed by atoms with Crippen LogP contribution >= 0.6 is 11.6 Å². The third kappa shape index (κ3) is 2.09. The second kappa shape index (κ2) is 4.40. The van der Waals surface area contributed by atoms with Crippen molar-refractivity contribution < 1.29 is 13.7 Å². The van der Waals surface area contributed by atoms with Gasteiger partial charge in [-0.2, -0.15) is 4.98 Å². The van der Waals surface area contributed by atoms with E-state index in [0.29, 0.717) is 11.8 Å². The number of hydrogen-bond donors (Lipinski definition) is 0. The maximum Gasteiger partial charge on any atom is 0.290 e. The Kier molecular flexibility index (Phi) is 2.96. The number of halogens is 2. The maximum absolute atomic E-state index is 13.5. The molecule has 6 heteroatoms. The number of benzene rings is 1. The number of aldehydes is 1. The summed E-state index contributed by atoms with van der Waals surface area (Å²) in [6.45, 7) is 0. The van der Waals surface area contributed by atoms with E-state index >= 15 is 0 Å². The second-order valence-electron chi connectivity index (χ2n) is 3.06. The van der Waals surface area contributed by atoms with Crippen LogP contribution in [0.1, 0.15) is 22.1 Å². The van der Waals surface area contributed by atoms with Crippen LogP contribution in [0.2, 0.25) is 5.02 Å². The minimum atomic E-state index is -0.512. The van der Waals surface area contributed by atoms with Crippen LogP contribution in [-0.4, -0.2) is 16.4 Å². The molecule has 1 heterocycles. The lowest BCUT2D eigenvalue weighted by Gasteiger charge is -2.00. The van der Waals surface area contributed by atoms with Crippen LogP contribution in [-0.2, 0) is 6.42 Å². The summed E-state index contributed by atoms with van der Waals surface area (Å²) in [6.07, 6.45) is 0.564. The van der Waals surface area contributed by atoms with E-state index in [1.807, 2.05) is 0 Å². The summed E-state index contributed by atoms with van der Waals surface area (Å²) in [4.78, 5) is 14.0. The average Bonchev–Trinajstić information content (AvgIpc) is 2.73. The maximum atomic E-state index is 13.5. The molecule has 2 rings (SSSR count). The summed E-state index contributed by atoms with van der Waals surface area (Å²) in [6, 6.07) is 4.65. The molecule has 0 amide bonds. The summed E-state index contributed by atoms with van der Waals surface area (Å²) in [5, 5.41) is 3.56. The normalized spacial score (nSPS) is 10.4. The van der Waals surface area contributed by atoms with Crippen molar-refractivity contribution in [3.05, 3.63) is 46.3 Å². The number of carbonyl (C=O) groups is 1. The summed E-state index contributed by atoms with van der Waals surface area (Å²) in [7, 11) is 0. The van der Waals surface area contributed by atoms with E-state index < -0.39 is 5.82 Å². The zero-order valence-electron chi connectivity index (χ0n) is 7.98. The van der Waals surface area contributed by atoms with E-state index in [2.05, 4.69) is 14.7 Å². The Labute approximate surface area is 95.0 Å². The molecular formula is C10H6ClFN2O2. The summed E-state index contributed by atoms with van der Waals surface area (Å²) in [5.74, 6) is -0.401. The minimum absolute atomic E-state index is 0.0385. The van der Waals surface area contributed by atoms with Crippen LogP contribution in [0.15, 0.2) is 22.7 Å². The molecule has 0 saturated heterocycles. The number of rotatable bonds is 3. The number of nitrogens with zero attached hydrogens (tertiary/aromatic N) is 2. The summed E-state index contributed by atoms with van der Waals surface area (Å²) in [5.41, 5.74) is 0.353. The van der Waals surface area contributed by atoms with Crippen molar-refractivity contribution in [2.24, 2.45) is 0 Å². The zero-order valence-corrected chi connectivity index (χ0v) is 8.74. The highest BCUT2D eigenvalue weighted by atomic mass is 35.5. The van der Waals surface area contributed by atoms with Crippen molar-refractivity contribution in [2.45, 2.75) is 6.42 Å². The van der Waals surface area contributed by atoms with Gasteiger partial charge in [-0.05, 0) is 11.6 Å². The van der Waals surface area contributed by atoms with E-state index in [9.17, 15) is 9.18 Å². The molecule has 0 saturated carbocycles. The highest BCUT2D eigenvalue weighted by molar-refractivity contribution is 6.30. The third-order valence-corrected chi connectivity index (χ3v) is 2.26. The lowest BCUT2D eigenvalue weighted by molar-refractivity contribution is 0.108. The zero-order chi connectivity index (χ0) is 11.5. The van der Waals surface area contributed by atoms with Crippen molar-refractivity contribution in [1.82, 2.24) is 10.1 Å². The van der Waals surface area contributed by atoms with Crippen molar-refractivity contribution in [3.8, 4) is 0 Å². The third-order valence-electron chi connectivity index (χ3n) is 1.96. The van der Waals surface area contributed by atoms with E-state index in [4.69, 9.17) is 11.6 Å². The van der Waals surface area contributed by atoms with Gasteiger partial charge in [-0.25, -0.2) is 4.39 Å². The first-order chi connectivity index (χ1) is 7.70. The molecular weight excluding hydrogens is 235 g/mol. The quantitative estimate of drug-likeness (QED) is 0.773. The van der Waals surface area contributed by atoms with Crippen molar-refractivity contribution >= 4 is 17.9 Å². The van der Waals surface area contributed by atoms with Crippen molar-refractivity contribution in [1.29, 1.82) is 0 Å². The predicted molar refractivity (Wildman–Crippen MR) is 53.9 cm³/mol. The van der Waals surface area contributed by atoms with Gasteiger partial charge in [0, 0.05) is 6.42 Å². The fourth-order valence-corrected chi connectivity index (χ4v) is 1.44. The first kappa shape index (κ1) is 10.8. The van der Waals surface area contributed by atoms with E-state index in [1.54, 1.807) is 12.1 Å². The fourth-order valence-electron chi connectivity index (χ4n) is 1.24. The minimum Gasteiger partial charge on any atom is -0.331 e. The van der Waals surface area contributed by atoms with Crippen LogP contribution in [0, 0.1) is 5.82 Å². The largest absolute Gasteiger partial charge is 0.331 e. The first-order valence-corrected chi connectivity index (χ1v) is 4.79. The Morgan fingerprint density at radius 1 is 1.50 bits per heavy atom. The van der Waals surface area contributed by atoms with E-state index in [1.165, 1.54) is 6.07 Å². The molecule has 0 aliphatic rings. The van der Waals surface area contributed by atoms with Gasteiger partial charge >= 0.3 is 0 Å². The molecule has 0 radical (unpaired) electrons. The van der Waals surface area contributed by atoms with Crippen LogP contribution in [0.5, 0.6) is 0 Å². The Morgan fingerprint density at radius 3 is 3.00 bits per heavy atom. The van der Waals surface area contributed by atoms with Crippen LogP contribution in [0.3, 0.4) is 0 Å². The van der Waals surface area contributed by atoms with Crippen LogP contribution in [0.4, 0.5) is 4.39 Å². The van der Waals surface area contributed by atoms with Gasteiger partial charge in [0.25, 0.3) is 5.89 Å². The van der Waals surface area contributed by atoms with Gasteiger partial charge in [-0.15, -0.1) is 0 Å². The Bertz CT molecular complexity index is 527. The lowest BCUT2D eigenvalue weighted by atomic mass is 10.1. The average molecular weight is 241 g/mol. The van der Waals surface area contributed by atoms with Gasteiger partial charge in [-0.1, -0.05) is 28.9 Å². The molecule has 16 heavy (non-hydrogen) atoms. The smallest absolute Gasteiger partial charge is 0.290 e. The molecule has 0 spiro atoms. The first-order valence-electron chi connectivity index (χ1n) is 4.41. The van der Waals surface area contributed by atoms with E-state index in [-0.39, 0.29) is 23.2 Å². The second-order valence-corrected chi connectivity index (χ2v) is 3.46. The van der Waals surface area contributed by atoms with Gasteiger partial charge in [-0.3, -0.25) is 4.79 Å². The standard InChI is InChI=1S/C10H6ClFN2O2/c11-7-3-1-2-6(10(7)12)4-8-13-9(5-15)16-14-8/h1-3,5H,4H2. The Morgan fingerprint density at radius 2 is 2.31 bits per heavy atom. The Balaban J connectivity index is 2.26. The SMILES string of the molecule is O=Cc1nc(Cc2cccc(Cl)c2F)no1. The fraction of sp³-hybridized carbons (Fsp3) is 0.100. The molecule has 1 aromatic carbocycles. The molecule has 0 aliphatic carbocycles. The highest BCUT2D eigenvalue weighted by Gasteiger charge is 2.11. The van der Waals surface area contributed by atoms with Gasteiger partial charge in [0.2, 0.25) is 6.29 Å². The van der Waals surface area contributed by atoms with Gasteiger partial charge in [0.05, 0.1) is 5.02 Å². The van der Waals surface area contributed by atoms with E-state index in [0.717, 1.165) is 0 Å². The number of hydrogen-bond acceptors (Lipinski definition) is 4. The molecule has 4 nitrogen and oxygen atoms in total. The van der Waals surface area contributed by atoms with Crippen molar-refractivity contribution in [2.75, 3.05) is 0 Å². The van der Waals surface area contributed by atoms with Crippen LogP contribution in [0.25, 0.3) is 0 Å². The molecule has 2 aromatic rings. The molecule has 0 unspecified atom stereocenters. The summed E-state index contributed by atoms with van der Waals surface area (Å²) >= 11 is 5.62. The molecule has 0 atom stereocenters. The Hall–Kier alpha value is -1.75. The highest BCUT2D eigenvalue weighted by Crippen LogP contribution is 2.19. The molecule has 0 fully saturated rings. The molecule has 1 aromatic heterocycles. The number of aromatic nitrogens is 2. The lowest BCUT2D eigenvalue weighted by Crippen LogP contribution is -1.95. The molecule has 0 bridgehead atoms. The van der Waals surface area contributed by atoms with Gasteiger partial charge in [0.15, 0.2) is 5.82 Å². The monoisotopic (exact) mass is 240 g/mol. The summed E-state index contributed by atoms with van der Waals surface area (Å²) < 4.78 is 18.1. The number of carbonyl (C=O) groups excluding carboxylic acids is 1. The molecule has 0 N–H and O–H groups in total. The van der Waals surface area contributed by atoms with Gasteiger partial charge < -0.3 is 4.52 Å². The van der Waals surface area contributed by atoms with Crippen molar-refractivity contribution in [3.63, 3.8) is 0 Å².